The quantitative estimate of drug-likeness (QED) is 0.538. The minimum atomic E-state index is 0.748. The van der Waals surface area contributed by atoms with Gasteiger partial charge in [0.05, 0.1) is 0 Å². The van der Waals surface area contributed by atoms with E-state index in [0.29, 0.717) is 0 Å². The van der Waals surface area contributed by atoms with E-state index in [-0.39, 0.29) is 0 Å². The van der Waals surface area contributed by atoms with Gasteiger partial charge < -0.3 is 19.6 Å². The summed E-state index contributed by atoms with van der Waals surface area (Å²) in [6, 6.07) is 8.74. The van der Waals surface area contributed by atoms with Crippen LogP contribution in [0.4, 0.5) is 11.5 Å². The van der Waals surface area contributed by atoms with Crippen molar-refractivity contribution < 1.29 is 0 Å². The molecule has 2 heterocycles. The van der Waals surface area contributed by atoms with Gasteiger partial charge in [0, 0.05) is 69.6 Å². The molecule has 1 aromatic heterocycles. The first kappa shape index (κ1) is 23.4. The average Bonchev–Trinajstić information content (AvgIpc) is 3.65. The highest BCUT2D eigenvalue weighted by Gasteiger charge is 2.26. The van der Waals surface area contributed by atoms with E-state index in [2.05, 4.69) is 76.2 Å². The van der Waals surface area contributed by atoms with Crippen LogP contribution in [-0.2, 0) is 0 Å². The van der Waals surface area contributed by atoms with Crippen LogP contribution in [0.1, 0.15) is 35.4 Å². The van der Waals surface area contributed by atoms with Crippen LogP contribution in [0.25, 0.3) is 5.70 Å². The van der Waals surface area contributed by atoms with Crippen molar-refractivity contribution in [3.05, 3.63) is 78.9 Å². The number of nitrogens with zero attached hydrogens (tertiary/aromatic N) is 5. The highest BCUT2D eigenvalue weighted by molar-refractivity contribution is 7.27. The standard InChI is InChI=1S/C27H36N5P/c1-7-32(21(4)29(5)6)24-10-11-25(26(33)17-24)20(3)30-12-14-31(15-13-30)27-19(2)16-23(18-28-27)22-8-9-22/h7,10-11,16-18,22H,1,3-4,8-9,12-15,33H2,2,5-6H3. The summed E-state index contributed by atoms with van der Waals surface area (Å²) in [4.78, 5) is 13.6. The van der Waals surface area contributed by atoms with Crippen LogP contribution in [0.2, 0.25) is 0 Å². The Kier molecular flexibility index (Phi) is 6.81. The summed E-state index contributed by atoms with van der Waals surface area (Å²) >= 11 is 0. The van der Waals surface area contributed by atoms with Crippen molar-refractivity contribution in [2.75, 3.05) is 50.1 Å². The predicted octanol–water partition coefficient (Wildman–Crippen LogP) is 4.54. The van der Waals surface area contributed by atoms with E-state index in [0.717, 1.165) is 66.0 Å². The maximum Gasteiger partial charge on any atom is 0.131 e. The largest absolute Gasteiger partial charge is 0.368 e. The van der Waals surface area contributed by atoms with Crippen molar-refractivity contribution in [2.24, 2.45) is 0 Å². The molecule has 1 atom stereocenters. The van der Waals surface area contributed by atoms with Crippen LogP contribution < -0.4 is 15.1 Å². The van der Waals surface area contributed by atoms with Crippen molar-refractivity contribution in [1.82, 2.24) is 14.8 Å². The molecule has 2 fully saturated rings. The van der Waals surface area contributed by atoms with Crippen molar-refractivity contribution in [3.8, 4) is 0 Å². The lowest BCUT2D eigenvalue weighted by atomic mass is 10.1. The maximum absolute atomic E-state index is 4.82. The monoisotopic (exact) mass is 461 g/mol. The number of rotatable bonds is 8. The highest BCUT2D eigenvalue weighted by Crippen LogP contribution is 2.40. The van der Waals surface area contributed by atoms with E-state index in [9.17, 15) is 0 Å². The van der Waals surface area contributed by atoms with E-state index in [1.165, 1.54) is 24.0 Å². The molecule has 1 saturated carbocycles. The molecule has 1 aromatic carbocycles. The zero-order valence-electron chi connectivity index (χ0n) is 20.2. The average molecular weight is 462 g/mol. The van der Waals surface area contributed by atoms with Gasteiger partial charge in [0.1, 0.15) is 11.6 Å². The van der Waals surface area contributed by atoms with E-state index >= 15 is 0 Å². The topological polar surface area (TPSA) is 25.9 Å². The minimum absolute atomic E-state index is 0.748. The lowest BCUT2D eigenvalue weighted by Crippen LogP contribution is -2.46. The number of aromatic nitrogens is 1. The molecule has 0 amide bonds. The van der Waals surface area contributed by atoms with Gasteiger partial charge in [-0.05, 0) is 54.2 Å². The van der Waals surface area contributed by atoms with Gasteiger partial charge in [-0.15, -0.1) is 9.24 Å². The van der Waals surface area contributed by atoms with Crippen molar-refractivity contribution in [2.45, 2.75) is 25.7 Å². The summed E-state index contributed by atoms with van der Waals surface area (Å²) in [5, 5.41) is 1.12. The van der Waals surface area contributed by atoms with E-state index in [1.807, 2.05) is 23.9 Å². The Bertz CT molecular complexity index is 1060. The van der Waals surface area contributed by atoms with Gasteiger partial charge in [0.25, 0.3) is 0 Å². The Balaban J connectivity index is 1.42. The third-order valence-corrected chi connectivity index (χ3v) is 7.16. The van der Waals surface area contributed by atoms with E-state index in [1.54, 1.807) is 6.20 Å². The lowest BCUT2D eigenvalue weighted by Gasteiger charge is -2.38. The summed E-state index contributed by atoms with van der Waals surface area (Å²) in [5.41, 5.74) is 5.95. The number of benzene rings is 1. The number of piperazine rings is 1. The Morgan fingerprint density at radius 3 is 2.36 bits per heavy atom. The van der Waals surface area contributed by atoms with E-state index < -0.39 is 0 Å². The Hall–Kier alpha value is -2.78. The lowest BCUT2D eigenvalue weighted by molar-refractivity contribution is 0.367. The predicted molar refractivity (Wildman–Crippen MR) is 145 cm³/mol. The second-order valence-corrected chi connectivity index (χ2v) is 9.86. The van der Waals surface area contributed by atoms with Crippen molar-refractivity contribution in [1.29, 1.82) is 0 Å². The van der Waals surface area contributed by atoms with Crippen LogP contribution in [-0.4, -0.2) is 55.1 Å². The SMILES string of the molecule is C=CN(C(=C)N(C)C)c1ccc(C(=C)N2CCN(c3ncc(C4CC4)cc3C)CC2)c(P)c1. The summed E-state index contributed by atoms with van der Waals surface area (Å²) in [5.74, 6) is 2.75. The minimum Gasteiger partial charge on any atom is -0.368 e. The Morgan fingerprint density at radius 1 is 1.12 bits per heavy atom. The Labute approximate surface area is 201 Å². The molecule has 174 valence electrons. The van der Waals surface area contributed by atoms with Gasteiger partial charge in [-0.1, -0.05) is 31.9 Å². The van der Waals surface area contributed by atoms with Gasteiger partial charge in [-0.25, -0.2) is 4.98 Å². The molecule has 33 heavy (non-hydrogen) atoms. The first-order valence-electron chi connectivity index (χ1n) is 11.6. The Morgan fingerprint density at radius 2 is 1.82 bits per heavy atom. The number of anilines is 2. The third-order valence-electron chi connectivity index (χ3n) is 6.68. The summed E-state index contributed by atoms with van der Waals surface area (Å²) in [7, 11) is 6.83. The summed E-state index contributed by atoms with van der Waals surface area (Å²) in [6.07, 6.45) is 6.51. The summed E-state index contributed by atoms with van der Waals surface area (Å²) in [6.45, 7) is 18.5. The molecule has 1 saturated heterocycles. The van der Waals surface area contributed by atoms with Crippen LogP contribution >= 0.6 is 9.24 Å². The summed E-state index contributed by atoms with van der Waals surface area (Å²) < 4.78 is 0. The molecule has 0 spiro atoms. The van der Waals surface area contributed by atoms with Crippen LogP contribution in [0.15, 0.2) is 62.2 Å². The fraction of sp³-hybridized carbons (Fsp3) is 0.370. The second-order valence-electron chi connectivity index (χ2n) is 9.24. The molecule has 1 unspecified atom stereocenters. The van der Waals surface area contributed by atoms with Crippen LogP contribution in [0.3, 0.4) is 0 Å². The molecule has 0 bridgehead atoms. The number of pyridine rings is 1. The molecular weight excluding hydrogens is 425 g/mol. The van der Waals surface area contributed by atoms with Gasteiger partial charge in [0.15, 0.2) is 0 Å². The molecule has 5 nitrogen and oxygen atoms in total. The first-order valence-corrected chi connectivity index (χ1v) is 12.2. The molecule has 1 aliphatic carbocycles. The molecular formula is C27H36N5P. The fourth-order valence-corrected chi connectivity index (χ4v) is 4.89. The van der Waals surface area contributed by atoms with Gasteiger partial charge >= 0.3 is 0 Å². The van der Waals surface area contributed by atoms with Gasteiger partial charge in [-0.3, -0.25) is 0 Å². The highest BCUT2D eigenvalue weighted by atomic mass is 31.0. The molecule has 0 N–H and O–H groups in total. The maximum atomic E-state index is 4.82. The van der Waals surface area contributed by atoms with Crippen molar-refractivity contribution in [3.63, 3.8) is 0 Å². The third kappa shape index (κ3) is 4.94. The van der Waals surface area contributed by atoms with Gasteiger partial charge in [-0.2, -0.15) is 0 Å². The van der Waals surface area contributed by atoms with E-state index in [4.69, 9.17) is 4.98 Å². The fourth-order valence-electron chi connectivity index (χ4n) is 4.46. The molecule has 2 aliphatic rings. The number of hydrogen-bond acceptors (Lipinski definition) is 5. The normalized spacial score (nSPS) is 15.9. The molecule has 1 aliphatic heterocycles. The smallest absolute Gasteiger partial charge is 0.131 e. The molecule has 4 rings (SSSR count). The number of aryl methyl sites for hydroxylation is 1. The molecule has 0 radical (unpaired) electrons. The van der Waals surface area contributed by atoms with Crippen molar-refractivity contribution >= 4 is 31.7 Å². The van der Waals surface area contributed by atoms with Crippen LogP contribution in [0.5, 0.6) is 0 Å². The second kappa shape index (κ2) is 9.61. The molecule has 2 aromatic rings. The first-order chi connectivity index (χ1) is 15.8. The molecule has 6 heteroatoms. The van der Waals surface area contributed by atoms with Crippen LogP contribution in [0, 0.1) is 6.92 Å². The zero-order valence-corrected chi connectivity index (χ0v) is 21.4. The zero-order chi connectivity index (χ0) is 23.7. The number of hydrogen-bond donors (Lipinski definition) is 0. The van der Waals surface area contributed by atoms with Gasteiger partial charge in [0.2, 0.25) is 0 Å².